The van der Waals surface area contributed by atoms with E-state index in [1.165, 1.54) is 6.07 Å². The first-order chi connectivity index (χ1) is 5.77. The number of hydrogen-bond donors (Lipinski definition) is 2. The second kappa shape index (κ2) is 3.85. The van der Waals surface area contributed by atoms with Crippen LogP contribution in [0, 0.1) is 0 Å². The van der Waals surface area contributed by atoms with Gasteiger partial charge in [-0.1, -0.05) is 0 Å². The lowest BCUT2D eigenvalue weighted by atomic mass is 10.2. The molecule has 0 saturated heterocycles. The van der Waals surface area contributed by atoms with Gasteiger partial charge in [-0.25, -0.2) is 4.89 Å². The Morgan fingerprint density at radius 3 is 2.83 bits per heavy atom. The summed E-state index contributed by atoms with van der Waals surface area (Å²) >= 11 is 0. The first kappa shape index (κ1) is 8.70. The van der Waals surface area contributed by atoms with Gasteiger partial charge in [-0.3, -0.25) is 10.2 Å². The Kier molecular flexibility index (Phi) is 2.79. The monoisotopic (exact) mass is 167 g/mol. The third-order valence-electron chi connectivity index (χ3n) is 1.47. The molecule has 0 fully saturated rings. The maximum atomic E-state index is 9.21. The van der Waals surface area contributed by atoms with Crippen LogP contribution in [0.15, 0.2) is 23.2 Å². The summed E-state index contributed by atoms with van der Waals surface area (Å²) in [5.74, 6) is 0.0662. The highest BCUT2D eigenvalue weighted by Gasteiger charge is 2.01. The number of nitrogens with zero attached hydrogens (tertiary/aromatic N) is 1. The van der Waals surface area contributed by atoms with Crippen molar-refractivity contribution in [1.29, 1.82) is 0 Å². The fourth-order valence-electron chi connectivity index (χ4n) is 0.855. The molecule has 12 heavy (non-hydrogen) atoms. The molecule has 0 unspecified atom stereocenters. The smallest absolute Gasteiger partial charge is 0.121 e. The van der Waals surface area contributed by atoms with Crippen molar-refractivity contribution in [3.63, 3.8) is 0 Å². The van der Waals surface area contributed by atoms with Crippen LogP contribution in [-0.2, 0) is 11.5 Å². The Hall–Kier alpha value is -1.39. The SMILES string of the molecule is C=Nc1ccc(O)c(COO)c1. The summed E-state index contributed by atoms with van der Waals surface area (Å²) in [5.41, 5.74) is 1.10. The number of aliphatic imine (C=N–C) groups is 1. The van der Waals surface area contributed by atoms with E-state index in [0.29, 0.717) is 11.3 Å². The van der Waals surface area contributed by atoms with E-state index in [0.717, 1.165) is 0 Å². The van der Waals surface area contributed by atoms with Crippen molar-refractivity contribution in [1.82, 2.24) is 0 Å². The topological polar surface area (TPSA) is 62.1 Å². The quantitative estimate of drug-likeness (QED) is 0.409. The summed E-state index contributed by atoms with van der Waals surface area (Å²) in [5, 5.41) is 17.4. The van der Waals surface area contributed by atoms with Crippen molar-refractivity contribution < 1.29 is 15.3 Å². The number of aromatic hydroxyl groups is 1. The highest BCUT2D eigenvalue weighted by Crippen LogP contribution is 2.23. The zero-order chi connectivity index (χ0) is 8.97. The lowest BCUT2D eigenvalue weighted by Crippen LogP contribution is -1.87. The van der Waals surface area contributed by atoms with E-state index in [4.69, 9.17) is 5.26 Å². The molecule has 0 bridgehead atoms. The minimum Gasteiger partial charge on any atom is -0.508 e. The standard InChI is InChI=1S/C8H9NO3/c1-9-7-2-3-8(10)6(4-7)5-12-11/h2-4,10-11H,1,5H2. The molecular weight excluding hydrogens is 158 g/mol. The van der Waals surface area contributed by atoms with Crippen LogP contribution >= 0.6 is 0 Å². The van der Waals surface area contributed by atoms with Crippen LogP contribution in [0.4, 0.5) is 5.69 Å². The Morgan fingerprint density at radius 2 is 2.25 bits per heavy atom. The number of benzene rings is 1. The molecule has 0 radical (unpaired) electrons. The van der Waals surface area contributed by atoms with E-state index in [-0.39, 0.29) is 12.4 Å². The zero-order valence-electron chi connectivity index (χ0n) is 6.40. The van der Waals surface area contributed by atoms with Crippen molar-refractivity contribution >= 4 is 12.4 Å². The van der Waals surface area contributed by atoms with Gasteiger partial charge in [0.1, 0.15) is 12.4 Å². The third kappa shape index (κ3) is 1.81. The Bertz CT molecular complexity index is 286. The van der Waals surface area contributed by atoms with Gasteiger partial charge in [0, 0.05) is 5.56 Å². The van der Waals surface area contributed by atoms with Gasteiger partial charge >= 0.3 is 0 Å². The largest absolute Gasteiger partial charge is 0.508 e. The van der Waals surface area contributed by atoms with Crippen LogP contribution in [0.5, 0.6) is 5.75 Å². The average Bonchev–Trinajstić information content (AvgIpc) is 2.09. The molecule has 0 heterocycles. The lowest BCUT2D eigenvalue weighted by molar-refractivity contribution is -0.253. The van der Waals surface area contributed by atoms with Crippen LogP contribution in [0.2, 0.25) is 0 Å². The minimum atomic E-state index is -0.0603. The number of phenols is 1. The molecular formula is C8H9NO3. The molecule has 0 saturated carbocycles. The Morgan fingerprint density at radius 1 is 1.50 bits per heavy atom. The van der Waals surface area contributed by atoms with E-state index < -0.39 is 0 Å². The molecule has 0 aliphatic rings. The number of rotatable bonds is 3. The van der Waals surface area contributed by atoms with Crippen LogP contribution in [-0.4, -0.2) is 17.1 Å². The summed E-state index contributed by atoms with van der Waals surface area (Å²) in [4.78, 5) is 7.54. The van der Waals surface area contributed by atoms with Crippen LogP contribution in [0.1, 0.15) is 5.56 Å². The second-order valence-electron chi connectivity index (χ2n) is 2.24. The van der Waals surface area contributed by atoms with Crippen molar-refractivity contribution in [2.75, 3.05) is 0 Å². The van der Waals surface area contributed by atoms with Crippen LogP contribution in [0.3, 0.4) is 0 Å². The molecule has 0 amide bonds. The van der Waals surface area contributed by atoms with E-state index in [1.54, 1.807) is 12.1 Å². The van der Waals surface area contributed by atoms with Gasteiger partial charge in [-0.05, 0) is 24.9 Å². The Labute approximate surface area is 69.7 Å². The van der Waals surface area contributed by atoms with Gasteiger partial charge in [-0.15, -0.1) is 0 Å². The summed E-state index contributed by atoms with van der Waals surface area (Å²) < 4.78 is 0. The zero-order valence-corrected chi connectivity index (χ0v) is 6.40. The number of phenolic OH excluding ortho intramolecular Hbond substituents is 1. The first-order valence-electron chi connectivity index (χ1n) is 3.33. The summed E-state index contributed by atoms with van der Waals surface area (Å²) in [6.45, 7) is 3.27. The molecule has 2 N–H and O–H groups in total. The highest BCUT2D eigenvalue weighted by atomic mass is 17.1. The molecule has 0 atom stereocenters. The molecule has 0 aliphatic heterocycles. The van der Waals surface area contributed by atoms with Crippen LogP contribution < -0.4 is 0 Å². The van der Waals surface area contributed by atoms with Crippen molar-refractivity contribution in [3.8, 4) is 5.75 Å². The van der Waals surface area contributed by atoms with Crippen molar-refractivity contribution in [3.05, 3.63) is 23.8 Å². The van der Waals surface area contributed by atoms with Gasteiger partial charge in [-0.2, -0.15) is 0 Å². The molecule has 4 nitrogen and oxygen atoms in total. The lowest BCUT2D eigenvalue weighted by Gasteiger charge is -2.02. The number of hydrogen-bond acceptors (Lipinski definition) is 4. The molecule has 1 aromatic rings. The van der Waals surface area contributed by atoms with Gasteiger partial charge in [0.25, 0.3) is 0 Å². The fourth-order valence-corrected chi connectivity index (χ4v) is 0.855. The Balaban J connectivity index is 2.99. The molecule has 0 aliphatic carbocycles. The molecule has 1 aromatic carbocycles. The van der Waals surface area contributed by atoms with Gasteiger partial charge in [0.15, 0.2) is 0 Å². The normalized spacial score (nSPS) is 9.75. The maximum absolute atomic E-state index is 9.21. The van der Waals surface area contributed by atoms with E-state index >= 15 is 0 Å². The minimum absolute atomic E-state index is 0.0603. The predicted molar refractivity (Wildman–Crippen MR) is 44.7 cm³/mol. The maximum Gasteiger partial charge on any atom is 0.121 e. The van der Waals surface area contributed by atoms with Crippen LogP contribution in [0.25, 0.3) is 0 Å². The summed E-state index contributed by atoms with van der Waals surface area (Å²) in [6.07, 6.45) is 0. The predicted octanol–water partition coefficient (Wildman–Crippen LogP) is 1.71. The van der Waals surface area contributed by atoms with Gasteiger partial charge in [0.2, 0.25) is 0 Å². The average molecular weight is 167 g/mol. The van der Waals surface area contributed by atoms with Crippen molar-refractivity contribution in [2.24, 2.45) is 4.99 Å². The third-order valence-corrected chi connectivity index (χ3v) is 1.47. The second-order valence-corrected chi connectivity index (χ2v) is 2.24. The summed E-state index contributed by atoms with van der Waals surface area (Å²) in [7, 11) is 0. The molecule has 1 rings (SSSR count). The van der Waals surface area contributed by atoms with Crippen molar-refractivity contribution in [2.45, 2.75) is 6.61 Å². The van der Waals surface area contributed by atoms with Gasteiger partial charge in [0.05, 0.1) is 5.69 Å². The highest BCUT2D eigenvalue weighted by molar-refractivity contribution is 5.50. The first-order valence-corrected chi connectivity index (χ1v) is 3.33. The van der Waals surface area contributed by atoms with E-state index in [2.05, 4.69) is 16.6 Å². The molecule has 0 spiro atoms. The van der Waals surface area contributed by atoms with Gasteiger partial charge < -0.3 is 5.11 Å². The summed E-state index contributed by atoms with van der Waals surface area (Å²) in [6, 6.07) is 4.67. The molecule has 0 aromatic heterocycles. The van der Waals surface area contributed by atoms with E-state index in [1.807, 2.05) is 0 Å². The fraction of sp³-hybridized carbons (Fsp3) is 0.125. The molecule has 64 valence electrons. The van der Waals surface area contributed by atoms with E-state index in [9.17, 15) is 5.11 Å². The molecule has 4 heteroatoms.